The minimum Gasteiger partial charge on any atom is -0.378 e. The molecule has 0 N–H and O–H groups in total. The standard InChI is InChI=1S/C9H16O/c1-8(2)5-6-9-4-3-7-10-9/h9H,1,3-7H2,2H3/t9-/m1/s1. The van der Waals surface area contributed by atoms with Crippen LogP contribution in [0.4, 0.5) is 0 Å². The molecule has 1 heterocycles. The Kier molecular flexibility index (Phi) is 2.94. The van der Waals surface area contributed by atoms with E-state index < -0.39 is 0 Å². The molecule has 0 radical (unpaired) electrons. The van der Waals surface area contributed by atoms with Crippen molar-refractivity contribution in [3.8, 4) is 0 Å². The molecular weight excluding hydrogens is 124 g/mol. The summed E-state index contributed by atoms with van der Waals surface area (Å²) in [6.07, 6.45) is 5.35. The molecule has 1 heteroatoms. The smallest absolute Gasteiger partial charge is 0.0579 e. The molecule has 1 saturated heterocycles. The molecule has 10 heavy (non-hydrogen) atoms. The van der Waals surface area contributed by atoms with Gasteiger partial charge >= 0.3 is 0 Å². The second-order valence-corrected chi connectivity index (χ2v) is 3.13. The molecule has 0 unspecified atom stereocenters. The van der Waals surface area contributed by atoms with Gasteiger partial charge in [-0.25, -0.2) is 0 Å². The number of allylic oxidation sites excluding steroid dienone is 1. The van der Waals surface area contributed by atoms with Crippen LogP contribution >= 0.6 is 0 Å². The summed E-state index contributed by atoms with van der Waals surface area (Å²) in [7, 11) is 0. The molecule has 1 aliphatic heterocycles. The molecule has 0 aromatic carbocycles. The van der Waals surface area contributed by atoms with Crippen LogP contribution in [0, 0.1) is 0 Å². The van der Waals surface area contributed by atoms with Crippen molar-refractivity contribution in [1.29, 1.82) is 0 Å². The fraction of sp³-hybridized carbons (Fsp3) is 0.778. The van der Waals surface area contributed by atoms with Crippen LogP contribution in [0.25, 0.3) is 0 Å². The average molecular weight is 140 g/mol. The van der Waals surface area contributed by atoms with Crippen LogP contribution in [0.15, 0.2) is 12.2 Å². The van der Waals surface area contributed by atoms with Gasteiger partial charge < -0.3 is 4.74 Å². The molecule has 0 saturated carbocycles. The van der Waals surface area contributed by atoms with Crippen molar-refractivity contribution < 1.29 is 4.74 Å². The summed E-state index contributed by atoms with van der Waals surface area (Å²) < 4.78 is 5.46. The van der Waals surface area contributed by atoms with Crippen LogP contribution in [0.3, 0.4) is 0 Å². The van der Waals surface area contributed by atoms with Gasteiger partial charge in [-0.2, -0.15) is 0 Å². The SMILES string of the molecule is C=C(C)CC[C@H]1CCCO1. The third-order valence-corrected chi connectivity index (χ3v) is 1.92. The van der Waals surface area contributed by atoms with E-state index in [0.717, 1.165) is 13.0 Å². The third-order valence-electron chi connectivity index (χ3n) is 1.92. The second-order valence-electron chi connectivity index (χ2n) is 3.13. The summed E-state index contributed by atoms with van der Waals surface area (Å²) in [6.45, 7) is 6.91. The largest absolute Gasteiger partial charge is 0.378 e. The van der Waals surface area contributed by atoms with Gasteiger partial charge in [0.2, 0.25) is 0 Å². The number of ether oxygens (including phenoxy) is 1. The molecule has 1 nitrogen and oxygen atoms in total. The minimum absolute atomic E-state index is 0.539. The maximum atomic E-state index is 5.46. The molecule has 1 fully saturated rings. The summed E-state index contributed by atoms with van der Waals surface area (Å²) in [5, 5.41) is 0. The molecule has 0 aliphatic carbocycles. The van der Waals surface area contributed by atoms with Crippen molar-refractivity contribution in [1.82, 2.24) is 0 Å². The van der Waals surface area contributed by atoms with E-state index in [1.54, 1.807) is 0 Å². The van der Waals surface area contributed by atoms with Crippen molar-refractivity contribution >= 4 is 0 Å². The molecule has 0 spiro atoms. The van der Waals surface area contributed by atoms with E-state index in [4.69, 9.17) is 4.74 Å². The Morgan fingerprint density at radius 3 is 3.00 bits per heavy atom. The van der Waals surface area contributed by atoms with Crippen LogP contribution in [0.2, 0.25) is 0 Å². The first-order chi connectivity index (χ1) is 4.79. The first-order valence-corrected chi connectivity index (χ1v) is 4.05. The molecule has 0 aromatic rings. The van der Waals surface area contributed by atoms with E-state index in [2.05, 4.69) is 13.5 Å². The zero-order valence-electron chi connectivity index (χ0n) is 6.73. The van der Waals surface area contributed by atoms with Gasteiger partial charge in [-0.05, 0) is 32.6 Å². The van der Waals surface area contributed by atoms with Gasteiger partial charge in [0.15, 0.2) is 0 Å². The lowest BCUT2D eigenvalue weighted by Gasteiger charge is -2.07. The van der Waals surface area contributed by atoms with Gasteiger partial charge in [-0.3, -0.25) is 0 Å². The molecule has 0 bridgehead atoms. The average Bonchev–Trinajstić information content (AvgIpc) is 2.34. The first-order valence-electron chi connectivity index (χ1n) is 4.05. The van der Waals surface area contributed by atoms with E-state index in [1.807, 2.05) is 0 Å². The summed E-state index contributed by atoms with van der Waals surface area (Å²) in [5.74, 6) is 0. The molecule has 1 rings (SSSR count). The van der Waals surface area contributed by atoms with Gasteiger partial charge in [-0.1, -0.05) is 5.57 Å². The Labute approximate surface area is 63.1 Å². The molecule has 1 atom stereocenters. The van der Waals surface area contributed by atoms with E-state index in [9.17, 15) is 0 Å². The maximum absolute atomic E-state index is 5.46. The predicted octanol–water partition coefficient (Wildman–Crippen LogP) is 2.52. The van der Waals surface area contributed by atoms with Crippen LogP contribution < -0.4 is 0 Å². The zero-order valence-corrected chi connectivity index (χ0v) is 6.73. The highest BCUT2D eigenvalue weighted by molar-refractivity contribution is 4.88. The Morgan fingerprint density at radius 1 is 1.70 bits per heavy atom. The number of hydrogen-bond donors (Lipinski definition) is 0. The lowest BCUT2D eigenvalue weighted by molar-refractivity contribution is 0.104. The fourth-order valence-electron chi connectivity index (χ4n) is 1.28. The van der Waals surface area contributed by atoms with Crippen molar-refractivity contribution in [3.63, 3.8) is 0 Å². The van der Waals surface area contributed by atoms with E-state index in [1.165, 1.54) is 24.8 Å². The molecule has 58 valence electrons. The molecular formula is C9H16O. The topological polar surface area (TPSA) is 9.23 Å². The van der Waals surface area contributed by atoms with Crippen molar-refractivity contribution in [2.24, 2.45) is 0 Å². The van der Waals surface area contributed by atoms with Crippen molar-refractivity contribution in [3.05, 3.63) is 12.2 Å². The van der Waals surface area contributed by atoms with Crippen LogP contribution in [0.5, 0.6) is 0 Å². The highest BCUT2D eigenvalue weighted by Gasteiger charge is 2.14. The Hall–Kier alpha value is -0.300. The highest BCUT2D eigenvalue weighted by Crippen LogP contribution is 2.18. The van der Waals surface area contributed by atoms with Gasteiger partial charge in [0, 0.05) is 6.61 Å². The highest BCUT2D eigenvalue weighted by atomic mass is 16.5. The van der Waals surface area contributed by atoms with Crippen molar-refractivity contribution in [2.45, 2.75) is 38.7 Å². The number of hydrogen-bond acceptors (Lipinski definition) is 1. The summed E-state index contributed by atoms with van der Waals surface area (Å²) in [6, 6.07) is 0. The van der Waals surface area contributed by atoms with Gasteiger partial charge in [0.25, 0.3) is 0 Å². The van der Waals surface area contributed by atoms with Crippen LogP contribution in [-0.2, 0) is 4.74 Å². The molecule has 0 amide bonds. The maximum Gasteiger partial charge on any atom is 0.0579 e. The summed E-state index contributed by atoms with van der Waals surface area (Å²) in [5.41, 5.74) is 1.27. The third kappa shape index (κ3) is 2.53. The van der Waals surface area contributed by atoms with E-state index >= 15 is 0 Å². The molecule has 1 aliphatic rings. The monoisotopic (exact) mass is 140 g/mol. The Morgan fingerprint density at radius 2 is 2.50 bits per heavy atom. The van der Waals surface area contributed by atoms with Crippen LogP contribution in [0.1, 0.15) is 32.6 Å². The predicted molar refractivity (Wildman–Crippen MR) is 43.0 cm³/mol. The van der Waals surface area contributed by atoms with Crippen LogP contribution in [-0.4, -0.2) is 12.7 Å². The lowest BCUT2D eigenvalue weighted by atomic mass is 10.1. The normalized spacial score (nSPS) is 25.1. The first kappa shape index (κ1) is 7.80. The van der Waals surface area contributed by atoms with Gasteiger partial charge in [0.05, 0.1) is 6.10 Å². The fourth-order valence-corrected chi connectivity index (χ4v) is 1.28. The molecule has 0 aromatic heterocycles. The van der Waals surface area contributed by atoms with Gasteiger partial charge in [-0.15, -0.1) is 6.58 Å². The second kappa shape index (κ2) is 3.77. The van der Waals surface area contributed by atoms with Gasteiger partial charge in [0.1, 0.15) is 0 Å². The number of rotatable bonds is 3. The summed E-state index contributed by atoms with van der Waals surface area (Å²) >= 11 is 0. The van der Waals surface area contributed by atoms with E-state index in [-0.39, 0.29) is 0 Å². The van der Waals surface area contributed by atoms with E-state index in [0.29, 0.717) is 6.10 Å². The zero-order chi connectivity index (χ0) is 7.40. The summed E-state index contributed by atoms with van der Waals surface area (Å²) in [4.78, 5) is 0. The lowest BCUT2D eigenvalue weighted by Crippen LogP contribution is -2.03. The minimum atomic E-state index is 0.539. The Balaban J connectivity index is 2.07. The Bertz CT molecular complexity index is 112. The van der Waals surface area contributed by atoms with Crippen molar-refractivity contribution in [2.75, 3.05) is 6.61 Å². The quantitative estimate of drug-likeness (QED) is 0.547.